The third kappa shape index (κ3) is 5.31. The van der Waals surface area contributed by atoms with Gasteiger partial charge in [-0.05, 0) is 42.5 Å². The summed E-state index contributed by atoms with van der Waals surface area (Å²) in [5.41, 5.74) is -0.0542. The summed E-state index contributed by atoms with van der Waals surface area (Å²) in [7, 11) is -4.26. The molecule has 0 aliphatic carbocycles. The molecule has 0 saturated heterocycles. The number of nitro benzene ring substituents is 1. The van der Waals surface area contributed by atoms with E-state index < -0.39 is 15.0 Å². The number of hydrogen-bond acceptors (Lipinski definition) is 7. The van der Waals surface area contributed by atoms with E-state index in [4.69, 9.17) is 15.8 Å². The Morgan fingerprint density at radius 1 is 1.14 bits per heavy atom. The molecule has 0 fully saturated rings. The Morgan fingerprint density at radius 3 is 2.48 bits per heavy atom. The highest BCUT2D eigenvalue weighted by atomic mass is 35.5. The van der Waals surface area contributed by atoms with Crippen molar-refractivity contribution in [3.05, 3.63) is 85.6 Å². The van der Waals surface area contributed by atoms with Gasteiger partial charge in [0.1, 0.15) is 10.6 Å². The van der Waals surface area contributed by atoms with E-state index in [1.54, 1.807) is 6.07 Å². The summed E-state index contributed by atoms with van der Waals surface area (Å²) in [5.74, 6) is -0.374. The van der Waals surface area contributed by atoms with Gasteiger partial charge in [-0.1, -0.05) is 17.7 Å². The fourth-order valence-corrected chi connectivity index (χ4v) is 4.30. The van der Waals surface area contributed by atoms with Crippen molar-refractivity contribution in [2.75, 3.05) is 0 Å². The number of benzene rings is 2. The number of nitro groups is 1. The molecule has 3 aromatic rings. The first-order chi connectivity index (χ1) is 13.7. The van der Waals surface area contributed by atoms with Gasteiger partial charge in [0.05, 0.1) is 15.8 Å². The molecular formula is C18H13ClN2O6S2. The molecule has 0 bridgehead atoms. The van der Waals surface area contributed by atoms with Gasteiger partial charge in [-0.25, -0.2) is 0 Å². The van der Waals surface area contributed by atoms with Crippen LogP contribution < -0.4 is 9.50 Å². The zero-order valence-corrected chi connectivity index (χ0v) is 17.0. The molecule has 0 saturated carbocycles. The monoisotopic (exact) mass is 452 g/mol. The van der Waals surface area contributed by atoms with Crippen LogP contribution in [0.4, 0.5) is 5.69 Å². The quantitative estimate of drug-likeness (QED) is 0.329. The van der Waals surface area contributed by atoms with Gasteiger partial charge in [0.25, 0.3) is 11.6 Å². The number of amides is 1. The lowest BCUT2D eigenvalue weighted by Gasteiger charge is -2.08. The van der Waals surface area contributed by atoms with E-state index in [1.165, 1.54) is 53.8 Å². The number of nitrogens with one attached hydrogen (secondary N) is 1. The van der Waals surface area contributed by atoms with Crippen LogP contribution in [0, 0.1) is 10.1 Å². The summed E-state index contributed by atoms with van der Waals surface area (Å²) in [5, 5.41) is 13.5. The van der Waals surface area contributed by atoms with Crippen LogP contribution in [0.25, 0.3) is 0 Å². The Morgan fingerprint density at radius 2 is 1.86 bits per heavy atom. The highest BCUT2D eigenvalue weighted by Gasteiger charge is 2.20. The Kier molecular flexibility index (Phi) is 6.16. The summed E-state index contributed by atoms with van der Waals surface area (Å²) in [4.78, 5) is 22.8. The van der Waals surface area contributed by atoms with Crippen molar-refractivity contribution in [1.29, 1.82) is 0 Å². The topological polar surface area (TPSA) is 116 Å². The minimum atomic E-state index is -4.26. The van der Waals surface area contributed by atoms with Gasteiger partial charge < -0.3 is 9.50 Å². The van der Waals surface area contributed by atoms with E-state index in [0.29, 0.717) is 16.4 Å². The summed E-state index contributed by atoms with van der Waals surface area (Å²) in [6.07, 6.45) is 0. The van der Waals surface area contributed by atoms with Gasteiger partial charge in [-0.2, -0.15) is 8.42 Å². The average Bonchev–Trinajstić information content (AvgIpc) is 3.11. The number of thiophene rings is 1. The van der Waals surface area contributed by atoms with Crippen LogP contribution in [-0.4, -0.2) is 19.2 Å². The summed E-state index contributed by atoms with van der Waals surface area (Å²) >= 11 is 7.20. The molecule has 0 unspecified atom stereocenters. The molecule has 1 aromatic heterocycles. The molecule has 0 radical (unpaired) electrons. The number of hydrogen-bond donors (Lipinski definition) is 1. The Hall–Kier alpha value is -2.95. The van der Waals surface area contributed by atoms with E-state index in [0.717, 1.165) is 10.9 Å². The van der Waals surface area contributed by atoms with Crippen molar-refractivity contribution in [2.45, 2.75) is 11.4 Å². The van der Waals surface area contributed by atoms with Crippen molar-refractivity contribution >= 4 is 44.7 Å². The number of nitrogens with zero attached hydrogens (tertiary/aromatic N) is 1. The normalized spacial score (nSPS) is 11.1. The zero-order chi connectivity index (χ0) is 21.0. The van der Waals surface area contributed by atoms with Gasteiger partial charge >= 0.3 is 10.1 Å². The maximum Gasteiger partial charge on any atom is 0.339 e. The van der Waals surface area contributed by atoms with Crippen LogP contribution >= 0.6 is 22.9 Å². The van der Waals surface area contributed by atoms with Crippen molar-refractivity contribution in [1.82, 2.24) is 5.32 Å². The second kappa shape index (κ2) is 8.60. The van der Waals surface area contributed by atoms with Crippen molar-refractivity contribution in [3.63, 3.8) is 0 Å². The second-order valence-electron chi connectivity index (χ2n) is 5.70. The smallest absolute Gasteiger partial charge is 0.339 e. The fraction of sp³-hybridized carbons (Fsp3) is 0.0556. The molecule has 0 atom stereocenters. The van der Waals surface area contributed by atoms with Crippen LogP contribution in [0.2, 0.25) is 4.34 Å². The van der Waals surface area contributed by atoms with E-state index in [2.05, 4.69) is 5.32 Å². The summed E-state index contributed by atoms with van der Waals surface area (Å²) in [6.45, 7) is 0.315. The van der Waals surface area contributed by atoms with E-state index >= 15 is 0 Å². The number of rotatable bonds is 7. The Labute approximate surface area is 175 Å². The standard InChI is InChI=1S/C18H13ClN2O6S2/c19-17-9-8-15(28-17)11-20-18(22)12-4-6-14(7-5-12)27-29(25,26)16-3-1-2-13(10-16)21(23)24/h1-10H,11H2,(H,20,22). The second-order valence-corrected chi connectivity index (χ2v) is 9.05. The summed E-state index contributed by atoms with van der Waals surface area (Å²) < 4.78 is 30.3. The highest BCUT2D eigenvalue weighted by molar-refractivity contribution is 7.87. The van der Waals surface area contributed by atoms with Gasteiger partial charge in [-0.3, -0.25) is 14.9 Å². The molecule has 11 heteroatoms. The molecule has 1 N–H and O–H groups in total. The maximum absolute atomic E-state index is 12.3. The molecule has 2 aromatic carbocycles. The lowest BCUT2D eigenvalue weighted by Crippen LogP contribution is -2.22. The largest absolute Gasteiger partial charge is 0.379 e. The zero-order valence-electron chi connectivity index (χ0n) is 14.6. The SMILES string of the molecule is O=C(NCc1ccc(Cl)s1)c1ccc(OS(=O)(=O)c2cccc([N+](=O)[O-])c2)cc1. The molecule has 0 spiro atoms. The van der Waals surface area contributed by atoms with Crippen LogP contribution in [0.1, 0.15) is 15.2 Å². The highest BCUT2D eigenvalue weighted by Crippen LogP contribution is 2.23. The predicted octanol–water partition coefficient (Wildman–Crippen LogP) is 4.01. The van der Waals surface area contributed by atoms with Crippen LogP contribution in [0.5, 0.6) is 5.75 Å². The molecule has 8 nitrogen and oxygen atoms in total. The Balaban J connectivity index is 1.67. The van der Waals surface area contributed by atoms with Crippen LogP contribution in [0.3, 0.4) is 0 Å². The number of non-ortho nitro benzene ring substituents is 1. The van der Waals surface area contributed by atoms with Crippen molar-refractivity contribution in [3.8, 4) is 5.75 Å². The van der Waals surface area contributed by atoms with Crippen LogP contribution in [0.15, 0.2) is 65.6 Å². The molecule has 3 rings (SSSR count). The van der Waals surface area contributed by atoms with E-state index in [9.17, 15) is 23.3 Å². The molecule has 0 aliphatic rings. The molecule has 150 valence electrons. The van der Waals surface area contributed by atoms with Crippen molar-refractivity contribution < 1.29 is 22.3 Å². The van der Waals surface area contributed by atoms with Gasteiger partial charge in [0.2, 0.25) is 0 Å². The third-order valence-electron chi connectivity index (χ3n) is 3.69. The molecule has 1 amide bonds. The third-order valence-corrected chi connectivity index (χ3v) is 6.17. The molecule has 29 heavy (non-hydrogen) atoms. The molecule has 1 heterocycles. The van der Waals surface area contributed by atoms with Crippen molar-refractivity contribution in [2.24, 2.45) is 0 Å². The first kappa shape index (κ1) is 20.8. The van der Waals surface area contributed by atoms with Crippen LogP contribution in [-0.2, 0) is 16.7 Å². The maximum atomic E-state index is 12.3. The Bertz CT molecular complexity index is 1160. The minimum absolute atomic E-state index is 0.0295. The number of halogens is 1. The van der Waals surface area contributed by atoms with Gasteiger partial charge in [0, 0.05) is 22.6 Å². The lowest BCUT2D eigenvalue weighted by atomic mass is 10.2. The number of carbonyl (C=O) groups is 1. The first-order valence-electron chi connectivity index (χ1n) is 8.06. The fourth-order valence-electron chi connectivity index (χ4n) is 2.31. The number of carbonyl (C=O) groups excluding carboxylic acids is 1. The molecular weight excluding hydrogens is 440 g/mol. The van der Waals surface area contributed by atoms with Gasteiger partial charge in [-0.15, -0.1) is 11.3 Å². The summed E-state index contributed by atoms with van der Waals surface area (Å²) in [6, 6.07) is 13.6. The average molecular weight is 453 g/mol. The lowest BCUT2D eigenvalue weighted by molar-refractivity contribution is -0.385. The van der Waals surface area contributed by atoms with E-state index in [1.807, 2.05) is 6.07 Å². The molecule has 0 aliphatic heterocycles. The van der Waals surface area contributed by atoms with Gasteiger partial charge in [0.15, 0.2) is 0 Å². The van der Waals surface area contributed by atoms with E-state index in [-0.39, 0.29) is 22.2 Å². The minimum Gasteiger partial charge on any atom is -0.379 e. The predicted molar refractivity (Wildman–Crippen MR) is 108 cm³/mol. The first-order valence-corrected chi connectivity index (χ1v) is 10.7.